The molecule has 1 aromatic heterocycles. The highest BCUT2D eigenvalue weighted by Crippen LogP contribution is 2.17. The first-order valence-corrected chi connectivity index (χ1v) is 8.54. The van der Waals surface area contributed by atoms with Gasteiger partial charge < -0.3 is 10.4 Å². The van der Waals surface area contributed by atoms with E-state index in [9.17, 15) is 14.3 Å². The summed E-state index contributed by atoms with van der Waals surface area (Å²) < 4.78 is 13.1. The Morgan fingerprint density at radius 1 is 1.43 bits per heavy atom. The van der Waals surface area contributed by atoms with E-state index >= 15 is 0 Å². The topological polar surface area (TPSA) is 62.2 Å². The predicted octanol–water partition coefficient (Wildman–Crippen LogP) is 3.15. The number of aromatic nitrogens is 1. The molecule has 0 spiro atoms. The Balaban J connectivity index is 1.63. The number of benzene rings is 1. The van der Waals surface area contributed by atoms with E-state index in [1.54, 1.807) is 17.4 Å². The monoisotopic (exact) mass is 336 g/mol. The van der Waals surface area contributed by atoms with Crippen LogP contribution in [0.25, 0.3) is 0 Å². The van der Waals surface area contributed by atoms with Crippen molar-refractivity contribution in [3.05, 3.63) is 51.7 Å². The molecule has 1 atom stereocenters. The summed E-state index contributed by atoms with van der Waals surface area (Å²) in [6.07, 6.45) is 1.69. The Bertz CT molecular complexity index is 645. The van der Waals surface area contributed by atoms with Gasteiger partial charge in [0, 0.05) is 17.6 Å². The Morgan fingerprint density at radius 2 is 2.26 bits per heavy atom. The van der Waals surface area contributed by atoms with Crippen molar-refractivity contribution in [2.45, 2.75) is 38.7 Å². The van der Waals surface area contributed by atoms with Gasteiger partial charge in [-0.2, -0.15) is 0 Å². The number of aliphatic hydroxyl groups excluding tert-OH is 1. The molecular weight excluding hydrogens is 315 g/mol. The number of carbonyl (C=O) groups is 1. The standard InChI is InChI=1S/C17H21FN2O2S/c1-12-11-23-17(20-12)7-2-3-8-19-16(22)10-15(21)13-5-4-6-14(18)9-13/h4-6,9,11,15,21H,2-3,7-8,10H2,1H3,(H,19,22). The van der Waals surface area contributed by atoms with Gasteiger partial charge in [0.2, 0.25) is 5.91 Å². The molecule has 0 radical (unpaired) electrons. The second kappa shape index (κ2) is 8.74. The van der Waals surface area contributed by atoms with Gasteiger partial charge in [-0.05, 0) is 43.9 Å². The van der Waals surface area contributed by atoms with Crippen molar-refractivity contribution in [1.82, 2.24) is 10.3 Å². The van der Waals surface area contributed by atoms with Gasteiger partial charge in [0.15, 0.2) is 0 Å². The van der Waals surface area contributed by atoms with Gasteiger partial charge in [-0.3, -0.25) is 4.79 Å². The zero-order chi connectivity index (χ0) is 16.7. The van der Waals surface area contributed by atoms with Crippen LogP contribution in [0.3, 0.4) is 0 Å². The van der Waals surface area contributed by atoms with Gasteiger partial charge in [0.05, 0.1) is 17.5 Å². The van der Waals surface area contributed by atoms with Crippen LogP contribution in [0.2, 0.25) is 0 Å². The predicted molar refractivity (Wildman–Crippen MR) is 88.8 cm³/mol. The third-order valence-corrected chi connectivity index (χ3v) is 4.44. The van der Waals surface area contributed by atoms with E-state index < -0.39 is 11.9 Å². The number of hydrogen-bond donors (Lipinski definition) is 2. The number of aryl methyl sites for hydroxylation is 2. The number of rotatable bonds is 8. The number of carbonyl (C=O) groups excluding carboxylic acids is 1. The fraction of sp³-hybridized carbons (Fsp3) is 0.412. The molecule has 2 N–H and O–H groups in total. The minimum atomic E-state index is -0.982. The zero-order valence-corrected chi connectivity index (χ0v) is 13.9. The SMILES string of the molecule is Cc1csc(CCCCNC(=O)CC(O)c2cccc(F)c2)n1. The first-order valence-electron chi connectivity index (χ1n) is 7.66. The van der Waals surface area contributed by atoms with Crippen molar-refractivity contribution in [2.24, 2.45) is 0 Å². The van der Waals surface area contributed by atoms with Crippen molar-refractivity contribution in [2.75, 3.05) is 6.54 Å². The van der Waals surface area contributed by atoms with Crippen LogP contribution in [0.5, 0.6) is 0 Å². The quantitative estimate of drug-likeness (QED) is 0.728. The third-order valence-electron chi connectivity index (χ3n) is 3.42. The molecular formula is C17H21FN2O2S. The third kappa shape index (κ3) is 6.08. The lowest BCUT2D eigenvalue weighted by Crippen LogP contribution is -2.26. The van der Waals surface area contributed by atoms with Gasteiger partial charge in [-0.25, -0.2) is 9.37 Å². The summed E-state index contributed by atoms with van der Waals surface area (Å²) in [4.78, 5) is 16.2. The Morgan fingerprint density at radius 3 is 2.96 bits per heavy atom. The molecule has 0 saturated heterocycles. The lowest BCUT2D eigenvalue weighted by atomic mass is 10.1. The second-order valence-electron chi connectivity index (χ2n) is 5.46. The summed E-state index contributed by atoms with van der Waals surface area (Å²) in [6, 6.07) is 5.68. The molecule has 1 aromatic carbocycles. The molecule has 6 heteroatoms. The first-order chi connectivity index (χ1) is 11.0. The molecule has 0 aliphatic heterocycles. The number of nitrogens with zero attached hydrogens (tertiary/aromatic N) is 1. The highest BCUT2D eigenvalue weighted by atomic mass is 32.1. The fourth-order valence-electron chi connectivity index (χ4n) is 2.23. The summed E-state index contributed by atoms with van der Waals surface area (Å²) in [6.45, 7) is 2.54. The molecule has 0 fully saturated rings. The minimum absolute atomic E-state index is 0.0604. The van der Waals surface area contributed by atoms with Crippen LogP contribution in [0.15, 0.2) is 29.6 Å². The number of amides is 1. The van der Waals surface area contributed by atoms with E-state index in [-0.39, 0.29) is 12.3 Å². The van der Waals surface area contributed by atoms with Gasteiger partial charge in [-0.15, -0.1) is 11.3 Å². The molecule has 1 amide bonds. The molecule has 1 heterocycles. The van der Waals surface area contributed by atoms with Crippen LogP contribution >= 0.6 is 11.3 Å². The first kappa shape index (κ1) is 17.6. The second-order valence-corrected chi connectivity index (χ2v) is 6.41. The van der Waals surface area contributed by atoms with Gasteiger partial charge in [-0.1, -0.05) is 12.1 Å². The molecule has 0 saturated carbocycles. The van der Waals surface area contributed by atoms with Crippen LogP contribution in [-0.4, -0.2) is 22.5 Å². The smallest absolute Gasteiger partial charge is 0.222 e. The van der Waals surface area contributed by atoms with E-state index in [4.69, 9.17) is 0 Å². The Hall–Kier alpha value is -1.79. The molecule has 0 aliphatic rings. The molecule has 2 rings (SSSR count). The number of unbranched alkanes of at least 4 members (excludes halogenated alkanes) is 1. The van der Waals surface area contributed by atoms with Crippen LogP contribution in [0.4, 0.5) is 4.39 Å². The summed E-state index contributed by atoms with van der Waals surface area (Å²) >= 11 is 1.66. The van der Waals surface area contributed by atoms with Crippen molar-refractivity contribution < 1.29 is 14.3 Å². The maximum atomic E-state index is 13.1. The summed E-state index contributed by atoms with van der Waals surface area (Å²) in [5.74, 6) is -0.647. The van der Waals surface area contributed by atoms with Gasteiger partial charge in [0.25, 0.3) is 0 Å². The molecule has 0 bridgehead atoms. The average molecular weight is 336 g/mol. The number of halogens is 1. The van der Waals surface area contributed by atoms with Crippen molar-refractivity contribution in [3.63, 3.8) is 0 Å². The molecule has 0 aliphatic carbocycles. The maximum absolute atomic E-state index is 13.1. The van der Waals surface area contributed by atoms with Gasteiger partial charge >= 0.3 is 0 Å². The maximum Gasteiger partial charge on any atom is 0.222 e. The van der Waals surface area contributed by atoms with Crippen LogP contribution in [0.1, 0.15) is 41.6 Å². The summed E-state index contributed by atoms with van der Waals surface area (Å²) in [7, 11) is 0. The Kier molecular flexibility index (Phi) is 6.67. The van der Waals surface area contributed by atoms with Crippen molar-refractivity contribution in [1.29, 1.82) is 0 Å². The summed E-state index contributed by atoms with van der Waals surface area (Å²) in [5.41, 5.74) is 1.46. The molecule has 1 unspecified atom stereocenters. The lowest BCUT2D eigenvalue weighted by molar-refractivity contribution is -0.123. The van der Waals surface area contributed by atoms with E-state index in [1.165, 1.54) is 18.2 Å². The largest absolute Gasteiger partial charge is 0.388 e. The fourth-order valence-corrected chi connectivity index (χ4v) is 3.04. The van der Waals surface area contributed by atoms with E-state index in [2.05, 4.69) is 10.3 Å². The van der Waals surface area contributed by atoms with E-state index in [0.29, 0.717) is 12.1 Å². The normalized spacial score (nSPS) is 12.1. The number of hydrogen-bond acceptors (Lipinski definition) is 4. The van der Waals surface area contributed by atoms with E-state index in [1.807, 2.05) is 12.3 Å². The number of aliphatic hydroxyl groups is 1. The molecule has 23 heavy (non-hydrogen) atoms. The lowest BCUT2D eigenvalue weighted by Gasteiger charge is -2.11. The number of thiazole rings is 1. The average Bonchev–Trinajstić information content (AvgIpc) is 2.92. The Labute approximate surface area is 139 Å². The van der Waals surface area contributed by atoms with Gasteiger partial charge in [0.1, 0.15) is 5.82 Å². The van der Waals surface area contributed by atoms with Crippen molar-refractivity contribution in [3.8, 4) is 0 Å². The van der Waals surface area contributed by atoms with Crippen molar-refractivity contribution >= 4 is 17.2 Å². The van der Waals surface area contributed by atoms with E-state index in [0.717, 1.165) is 30.0 Å². The number of nitrogens with one attached hydrogen (secondary N) is 1. The van der Waals surface area contributed by atoms with Crippen LogP contribution < -0.4 is 5.32 Å². The minimum Gasteiger partial charge on any atom is -0.388 e. The van der Waals surface area contributed by atoms with Crippen LogP contribution in [-0.2, 0) is 11.2 Å². The zero-order valence-electron chi connectivity index (χ0n) is 13.1. The molecule has 124 valence electrons. The van der Waals surface area contributed by atoms with Crippen LogP contribution in [0, 0.1) is 12.7 Å². The molecule has 2 aromatic rings. The highest BCUT2D eigenvalue weighted by molar-refractivity contribution is 7.09. The summed E-state index contributed by atoms with van der Waals surface area (Å²) in [5, 5.41) is 15.9. The highest BCUT2D eigenvalue weighted by Gasteiger charge is 2.13. The molecule has 4 nitrogen and oxygen atoms in total.